The van der Waals surface area contributed by atoms with Gasteiger partial charge in [-0.05, 0) is 58.3 Å². The highest BCUT2D eigenvalue weighted by molar-refractivity contribution is 4.87. The van der Waals surface area contributed by atoms with Crippen LogP contribution in [0.3, 0.4) is 0 Å². The van der Waals surface area contributed by atoms with Crippen LogP contribution in [0.5, 0.6) is 0 Å². The maximum absolute atomic E-state index is 3.69. The fourth-order valence-corrected chi connectivity index (χ4v) is 3.07. The van der Waals surface area contributed by atoms with E-state index in [4.69, 9.17) is 0 Å². The van der Waals surface area contributed by atoms with E-state index in [0.29, 0.717) is 0 Å². The topological polar surface area (TPSA) is 18.5 Å². The fraction of sp³-hybridized carbons (Fsp3) is 1.00. The number of likely N-dealkylation sites (N-methyl/N-ethyl adjacent to an activating group) is 1. The van der Waals surface area contributed by atoms with Gasteiger partial charge in [0.15, 0.2) is 0 Å². The van der Waals surface area contributed by atoms with Crippen LogP contribution in [0.1, 0.15) is 33.1 Å². The Labute approximate surface area is 113 Å². The van der Waals surface area contributed by atoms with Crippen LogP contribution in [-0.4, -0.2) is 62.2 Å². The molecule has 1 aliphatic carbocycles. The number of nitrogens with one attached hydrogen (secondary N) is 1. The van der Waals surface area contributed by atoms with Crippen LogP contribution in [0.25, 0.3) is 0 Å². The summed E-state index contributed by atoms with van der Waals surface area (Å²) >= 11 is 0. The molecule has 106 valence electrons. The van der Waals surface area contributed by atoms with Crippen molar-refractivity contribution in [1.82, 2.24) is 15.1 Å². The zero-order valence-electron chi connectivity index (χ0n) is 12.7. The maximum Gasteiger partial charge on any atom is 0.0246 e. The highest BCUT2D eigenvalue weighted by Gasteiger charge is 2.31. The van der Waals surface area contributed by atoms with Gasteiger partial charge in [0, 0.05) is 25.2 Å². The van der Waals surface area contributed by atoms with E-state index in [9.17, 15) is 0 Å². The summed E-state index contributed by atoms with van der Waals surface area (Å²) in [5.41, 5.74) is 0. The summed E-state index contributed by atoms with van der Waals surface area (Å²) < 4.78 is 0. The van der Waals surface area contributed by atoms with Gasteiger partial charge in [-0.3, -0.25) is 4.90 Å². The molecule has 18 heavy (non-hydrogen) atoms. The molecule has 0 aromatic rings. The number of likely N-dealkylation sites (tertiary alicyclic amines) is 1. The van der Waals surface area contributed by atoms with Crippen molar-refractivity contribution in [1.29, 1.82) is 0 Å². The standard InChI is InChI=1S/C15H31N3/c1-12(2)15(11-17(3)4)18-8-7-13(10-18)9-16-14-5-6-14/h12-16H,5-11H2,1-4H3. The Bertz CT molecular complexity index is 248. The highest BCUT2D eigenvalue weighted by atomic mass is 15.2. The highest BCUT2D eigenvalue weighted by Crippen LogP contribution is 2.24. The van der Waals surface area contributed by atoms with Gasteiger partial charge < -0.3 is 10.2 Å². The second-order valence-electron chi connectivity index (χ2n) is 6.91. The minimum atomic E-state index is 0.728. The van der Waals surface area contributed by atoms with Gasteiger partial charge in [0.1, 0.15) is 0 Å². The second kappa shape index (κ2) is 6.36. The summed E-state index contributed by atoms with van der Waals surface area (Å²) in [5.74, 6) is 1.64. The molecule has 0 aromatic heterocycles. The minimum absolute atomic E-state index is 0.728. The normalized spacial score (nSPS) is 27.3. The Morgan fingerprint density at radius 1 is 1.22 bits per heavy atom. The predicted molar refractivity (Wildman–Crippen MR) is 77.9 cm³/mol. The van der Waals surface area contributed by atoms with Crippen LogP contribution in [0.4, 0.5) is 0 Å². The summed E-state index contributed by atoms with van der Waals surface area (Å²) in [6.07, 6.45) is 4.20. The van der Waals surface area contributed by atoms with Crippen molar-refractivity contribution in [2.45, 2.75) is 45.2 Å². The molecule has 0 amide bonds. The summed E-state index contributed by atoms with van der Waals surface area (Å²) in [4.78, 5) is 5.06. The molecule has 1 N–H and O–H groups in total. The molecule has 3 nitrogen and oxygen atoms in total. The SMILES string of the molecule is CC(C)C(CN(C)C)N1CCC(CNC2CC2)C1. The molecule has 1 heterocycles. The predicted octanol–water partition coefficient (Wildman–Crippen LogP) is 1.65. The zero-order chi connectivity index (χ0) is 13.1. The van der Waals surface area contributed by atoms with E-state index in [-0.39, 0.29) is 0 Å². The minimum Gasteiger partial charge on any atom is -0.314 e. The van der Waals surface area contributed by atoms with Gasteiger partial charge in [-0.15, -0.1) is 0 Å². The molecule has 1 saturated heterocycles. The van der Waals surface area contributed by atoms with E-state index < -0.39 is 0 Å². The summed E-state index contributed by atoms with van der Waals surface area (Å²) in [5, 5.41) is 3.69. The molecule has 2 aliphatic rings. The molecular formula is C15H31N3. The smallest absolute Gasteiger partial charge is 0.0246 e. The van der Waals surface area contributed by atoms with E-state index in [2.05, 4.69) is 43.1 Å². The third-order valence-corrected chi connectivity index (χ3v) is 4.38. The lowest BCUT2D eigenvalue weighted by Gasteiger charge is -2.33. The lowest BCUT2D eigenvalue weighted by Crippen LogP contribution is -2.44. The molecule has 0 aromatic carbocycles. The van der Waals surface area contributed by atoms with Crippen LogP contribution in [-0.2, 0) is 0 Å². The summed E-state index contributed by atoms with van der Waals surface area (Å²) in [7, 11) is 4.38. The van der Waals surface area contributed by atoms with Crippen molar-refractivity contribution < 1.29 is 0 Å². The Balaban J connectivity index is 1.76. The van der Waals surface area contributed by atoms with E-state index in [1.807, 2.05) is 0 Å². The van der Waals surface area contributed by atoms with Gasteiger partial charge in [0.25, 0.3) is 0 Å². The van der Waals surface area contributed by atoms with Gasteiger partial charge in [0.2, 0.25) is 0 Å². The van der Waals surface area contributed by atoms with E-state index in [1.54, 1.807) is 0 Å². The quantitative estimate of drug-likeness (QED) is 0.744. The number of nitrogens with zero attached hydrogens (tertiary/aromatic N) is 2. The first-order valence-corrected chi connectivity index (χ1v) is 7.68. The van der Waals surface area contributed by atoms with E-state index in [0.717, 1.165) is 23.9 Å². The van der Waals surface area contributed by atoms with E-state index >= 15 is 0 Å². The van der Waals surface area contributed by atoms with Gasteiger partial charge >= 0.3 is 0 Å². The molecule has 3 heteroatoms. The van der Waals surface area contributed by atoms with Gasteiger partial charge in [-0.2, -0.15) is 0 Å². The van der Waals surface area contributed by atoms with Gasteiger partial charge in [-0.1, -0.05) is 13.8 Å². The first-order valence-electron chi connectivity index (χ1n) is 7.68. The van der Waals surface area contributed by atoms with Crippen LogP contribution in [0.15, 0.2) is 0 Å². The second-order valence-corrected chi connectivity index (χ2v) is 6.91. The first kappa shape index (κ1) is 14.3. The van der Waals surface area contributed by atoms with Crippen LogP contribution < -0.4 is 5.32 Å². The molecule has 1 aliphatic heterocycles. The van der Waals surface area contributed by atoms with Crippen LogP contribution in [0, 0.1) is 11.8 Å². The molecule has 2 rings (SSSR count). The van der Waals surface area contributed by atoms with Crippen molar-refractivity contribution in [3.63, 3.8) is 0 Å². The van der Waals surface area contributed by atoms with Crippen molar-refractivity contribution in [3.05, 3.63) is 0 Å². The molecule has 0 bridgehead atoms. The monoisotopic (exact) mass is 253 g/mol. The van der Waals surface area contributed by atoms with Gasteiger partial charge in [-0.25, -0.2) is 0 Å². The average molecular weight is 253 g/mol. The van der Waals surface area contributed by atoms with E-state index in [1.165, 1.54) is 45.4 Å². The lowest BCUT2D eigenvalue weighted by molar-refractivity contribution is 0.147. The van der Waals surface area contributed by atoms with Crippen LogP contribution in [0.2, 0.25) is 0 Å². The third-order valence-electron chi connectivity index (χ3n) is 4.38. The van der Waals surface area contributed by atoms with Gasteiger partial charge in [0.05, 0.1) is 0 Å². The summed E-state index contributed by atoms with van der Waals surface area (Å²) in [6, 6.07) is 1.59. The molecule has 0 spiro atoms. The Hall–Kier alpha value is -0.120. The maximum atomic E-state index is 3.69. The van der Waals surface area contributed by atoms with Crippen LogP contribution >= 0.6 is 0 Å². The molecule has 2 fully saturated rings. The van der Waals surface area contributed by atoms with Crippen molar-refractivity contribution in [2.75, 3.05) is 40.3 Å². The molecule has 1 saturated carbocycles. The van der Waals surface area contributed by atoms with Crippen molar-refractivity contribution >= 4 is 0 Å². The Morgan fingerprint density at radius 2 is 1.94 bits per heavy atom. The zero-order valence-corrected chi connectivity index (χ0v) is 12.7. The Kier molecular flexibility index (Phi) is 5.05. The fourth-order valence-electron chi connectivity index (χ4n) is 3.07. The Morgan fingerprint density at radius 3 is 2.50 bits per heavy atom. The van der Waals surface area contributed by atoms with Crippen molar-refractivity contribution in [3.8, 4) is 0 Å². The first-order chi connectivity index (χ1) is 8.56. The average Bonchev–Trinajstić information content (AvgIpc) is 3.01. The molecular weight excluding hydrogens is 222 g/mol. The molecule has 0 radical (unpaired) electrons. The summed E-state index contributed by atoms with van der Waals surface area (Å²) in [6.45, 7) is 9.77. The largest absolute Gasteiger partial charge is 0.314 e. The number of rotatable bonds is 7. The molecule has 2 unspecified atom stereocenters. The lowest BCUT2D eigenvalue weighted by atomic mass is 10.0. The third kappa shape index (κ3) is 4.22. The number of hydrogen-bond acceptors (Lipinski definition) is 3. The number of hydrogen-bond donors (Lipinski definition) is 1. The van der Waals surface area contributed by atoms with Crippen molar-refractivity contribution in [2.24, 2.45) is 11.8 Å². The molecule has 2 atom stereocenters.